The van der Waals surface area contributed by atoms with Crippen molar-refractivity contribution < 1.29 is 14.7 Å². The summed E-state index contributed by atoms with van der Waals surface area (Å²) in [5, 5.41) is 12.6. The van der Waals surface area contributed by atoms with E-state index in [9.17, 15) is 9.59 Å². The Morgan fingerprint density at radius 3 is 3.00 bits per heavy atom. The van der Waals surface area contributed by atoms with Crippen molar-refractivity contribution in [3.8, 4) is 0 Å². The number of hydrogen-bond acceptors (Lipinski definition) is 3. The van der Waals surface area contributed by atoms with Gasteiger partial charge in [-0.15, -0.1) is 0 Å². The minimum absolute atomic E-state index is 0.0584. The predicted octanol–water partition coefficient (Wildman–Crippen LogP) is 1.79. The average Bonchev–Trinajstić information content (AvgIpc) is 2.68. The van der Waals surface area contributed by atoms with Crippen molar-refractivity contribution in [1.29, 1.82) is 0 Å². The SMILES string of the molecule is CCCC[C@@H](C(=O)O)N1CC(CN=[N+]=[N-])CC1=O. The maximum absolute atomic E-state index is 11.8. The van der Waals surface area contributed by atoms with Crippen LogP contribution in [0.3, 0.4) is 0 Å². The first kappa shape index (κ1) is 14.3. The number of rotatable bonds is 7. The zero-order valence-electron chi connectivity index (χ0n) is 10.4. The topological polar surface area (TPSA) is 106 Å². The summed E-state index contributed by atoms with van der Waals surface area (Å²) < 4.78 is 0. The molecule has 7 nitrogen and oxygen atoms in total. The summed E-state index contributed by atoms with van der Waals surface area (Å²) in [4.78, 5) is 27.0. The lowest BCUT2D eigenvalue weighted by atomic mass is 10.1. The first-order chi connectivity index (χ1) is 8.60. The number of likely N-dealkylation sites (tertiary alicyclic amines) is 1. The number of carbonyl (C=O) groups is 2. The quantitative estimate of drug-likeness (QED) is 0.425. The number of nitrogens with zero attached hydrogens (tertiary/aromatic N) is 4. The molecule has 0 spiro atoms. The van der Waals surface area contributed by atoms with Gasteiger partial charge in [-0.05, 0) is 17.9 Å². The zero-order chi connectivity index (χ0) is 13.5. The van der Waals surface area contributed by atoms with Crippen molar-refractivity contribution in [3.05, 3.63) is 10.4 Å². The van der Waals surface area contributed by atoms with Gasteiger partial charge >= 0.3 is 5.97 Å². The van der Waals surface area contributed by atoms with E-state index in [1.807, 2.05) is 6.92 Å². The van der Waals surface area contributed by atoms with Crippen LogP contribution < -0.4 is 0 Å². The van der Waals surface area contributed by atoms with Crippen LogP contribution in [0.1, 0.15) is 32.6 Å². The number of hydrogen-bond donors (Lipinski definition) is 1. The van der Waals surface area contributed by atoms with Crippen molar-refractivity contribution in [3.63, 3.8) is 0 Å². The Morgan fingerprint density at radius 1 is 1.72 bits per heavy atom. The lowest BCUT2D eigenvalue weighted by molar-refractivity contribution is -0.148. The molecule has 0 saturated carbocycles. The van der Waals surface area contributed by atoms with Crippen molar-refractivity contribution in [1.82, 2.24) is 4.90 Å². The highest BCUT2D eigenvalue weighted by atomic mass is 16.4. The van der Waals surface area contributed by atoms with E-state index in [1.54, 1.807) is 0 Å². The summed E-state index contributed by atoms with van der Waals surface area (Å²) in [6.45, 7) is 2.60. The molecule has 0 bridgehead atoms. The fourth-order valence-electron chi connectivity index (χ4n) is 2.19. The van der Waals surface area contributed by atoms with Crippen molar-refractivity contribution >= 4 is 11.9 Å². The summed E-state index contributed by atoms with van der Waals surface area (Å²) in [6.07, 6.45) is 2.43. The largest absolute Gasteiger partial charge is 0.480 e. The minimum atomic E-state index is -0.957. The number of carbonyl (C=O) groups excluding carboxylic acids is 1. The standard InChI is InChI=1S/C11H18N4O3/c1-2-3-4-9(11(17)18)15-7-8(5-10(15)16)6-13-14-12/h8-9H,2-7H2,1H3,(H,17,18)/t8?,9-/m0/s1. The predicted molar refractivity (Wildman–Crippen MR) is 64.8 cm³/mol. The molecular formula is C11H18N4O3. The van der Waals surface area contributed by atoms with Crippen molar-refractivity contribution in [2.75, 3.05) is 13.1 Å². The third-order valence-electron chi connectivity index (χ3n) is 3.13. The van der Waals surface area contributed by atoms with E-state index in [0.717, 1.165) is 12.8 Å². The molecule has 2 atom stereocenters. The van der Waals surface area contributed by atoms with Gasteiger partial charge in [-0.25, -0.2) is 4.79 Å². The van der Waals surface area contributed by atoms with E-state index in [1.165, 1.54) is 4.90 Å². The zero-order valence-corrected chi connectivity index (χ0v) is 10.4. The van der Waals surface area contributed by atoms with Crippen LogP contribution >= 0.6 is 0 Å². The highest BCUT2D eigenvalue weighted by molar-refractivity contribution is 5.85. The summed E-state index contributed by atoms with van der Waals surface area (Å²) in [7, 11) is 0. The lowest BCUT2D eigenvalue weighted by Gasteiger charge is -2.24. The van der Waals surface area contributed by atoms with Gasteiger partial charge in [0.25, 0.3) is 0 Å². The van der Waals surface area contributed by atoms with Crippen LogP contribution in [0.4, 0.5) is 0 Å². The number of unbranched alkanes of at least 4 members (excludes halogenated alkanes) is 1. The van der Waals surface area contributed by atoms with Gasteiger partial charge in [0.1, 0.15) is 6.04 Å². The second-order valence-electron chi connectivity index (χ2n) is 4.53. The molecule has 1 unspecified atom stereocenters. The molecule has 0 radical (unpaired) electrons. The molecule has 1 rings (SSSR count). The molecule has 1 aliphatic heterocycles. The Kier molecular flexibility index (Phi) is 5.45. The normalized spacial score (nSPS) is 20.6. The second kappa shape index (κ2) is 6.86. The van der Waals surface area contributed by atoms with Gasteiger partial charge in [0, 0.05) is 24.4 Å². The van der Waals surface area contributed by atoms with E-state index >= 15 is 0 Å². The van der Waals surface area contributed by atoms with Crippen LogP contribution in [0.15, 0.2) is 5.11 Å². The Morgan fingerprint density at radius 2 is 2.44 bits per heavy atom. The van der Waals surface area contributed by atoms with Crippen LogP contribution in [0.5, 0.6) is 0 Å². The van der Waals surface area contributed by atoms with Crippen LogP contribution in [0, 0.1) is 5.92 Å². The summed E-state index contributed by atoms with van der Waals surface area (Å²) in [6, 6.07) is -0.742. The van der Waals surface area contributed by atoms with Gasteiger partial charge in [-0.3, -0.25) is 4.79 Å². The molecule has 0 aromatic rings. The molecule has 100 valence electrons. The van der Waals surface area contributed by atoms with Crippen molar-refractivity contribution in [2.45, 2.75) is 38.6 Å². The molecule has 7 heteroatoms. The maximum atomic E-state index is 11.8. The molecule has 1 N–H and O–H groups in total. The molecule has 1 saturated heterocycles. The summed E-state index contributed by atoms with van der Waals surface area (Å²) >= 11 is 0. The monoisotopic (exact) mass is 254 g/mol. The van der Waals surface area contributed by atoms with E-state index < -0.39 is 12.0 Å². The second-order valence-corrected chi connectivity index (χ2v) is 4.53. The minimum Gasteiger partial charge on any atom is -0.480 e. The molecule has 1 amide bonds. The van der Waals surface area contributed by atoms with Gasteiger partial charge in [0.05, 0.1) is 0 Å². The van der Waals surface area contributed by atoms with Crippen LogP contribution in [-0.2, 0) is 9.59 Å². The molecule has 0 aliphatic carbocycles. The highest BCUT2D eigenvalue weighted by Crippen LogP contribution is 2.23. The van der Waals surface area contributed by atoms with E-state index in [4.69, 9.17) is 10.6 Å². The Hall–Kier alpha value is -1.75. The van der Waals surface area contributed by atoms with Gasteiger partial charge < -0.3 is 10.0 Å². The number of carboxylic acid groups (broad SMARTS) is 1. The molecule has 1 fully saturated rings. The molecule has 0 aromatic carbocycles. The van der Waals surface area contributed by atoms with Gasteiger partial charge in [-0.1, -0.05) is 24.9 Å². The number of azide groups is 1. The van der Waals surface area contributed by atoms with E-state index in [0.29, 0.717) is 13.0 Å². The van der Waals surface area contributed by atoms with Crippen LogP contribution in [-0.4, -0.2) is 41.0 Å². The Balaban J connectivity index is 2.65. The van der Waals surface area contributed by atoms with Crippen LogP contribution in [0.25, 0.3) is 10.4 Å². The van der Waals surface area contributed by atoms with E-state index in [2.05, 4.69) is 10.0 Å². The first-order valence-corrected chi connectivity index (χ1v) is 6.13. The number of aliphatic carboxylic acids is 1. The third kappa shape index (κ3) is 3.63. The Bertz CT molecular complexity index is 365. The molecule has 1 aliphatic rings. The van der Waals surface area contributed by atoms with Gasteiger partial charge in [-0.2, -0.15) is 0 Å². The molecular weight excluding hydrogens is 236 g/mol. The molecule has 18 heavy (non-hydrogen) atoms. The van der Waals surface area contributed by atoms with E-state index in [-0.39, 0.29) is 24.8 Å². The fraction of sp³-hybridized carbons (Fsp3) is 0.818. The number of carboxylic acids is 1. The first-order valence-electron chi connectivity index (χ1n) is 6.13. The fourth-order valence-corrected chi connectivity index (χ4v) is 2.19. The summed E-state index contributed by atoms with van der Waals surface area (Å²) in [5.41, 5.74) is 8.24. The van der Waals surface area contributed by atoms with Gasteiger partial charge in [0.15, 0.2) is 0 Å². The highest BCUT2D eigenvalue weighted by Gasteiger charge is 2.36. The smallest absolute Gasteiger partial charge is 0.326 e. The average molecular weight is 254 g/mol. The molecule has 0 aromatic heterocycles. The van der Waals surface area contributed by atoms with Crippen LogP contribution in [0.2, 0.25) is 0 Å². The molecule has 1 heterocycles. The maximum Gasteiger partial charge on any atom is 0.326 e. The third-order valence-corrected chi connectivity index (χ3v) is 3.13. The lowest BCUT2D eigenvalue weighted by Crippen LogP contribution is -2.42. The number of amides is 1. The van der Waals surface area contributed by atoms with Gasteiger partial charge in [0.2, 0.25) is 5.91 Å². The van der Waals surface area contributed by atoms with Crippen molar-refractivity contribution in [2.24, 2.45) is 11.0 Å². The Labute approximate surface area is 105 Å². The summed E-state index contributed by atoms with van der Waals surface area (Å²) in [5.74, 6) is -1.17.